The number of furan rings is 1. The highest BCUT2D eigenvalue weighted by Gasteiger charge is 2.15. The monoisotopic (exact) mass is 256 g/mol. The highest BCUT2D eigenvalue weighted by atomic mass is 19.1. The number of aliphatic hydroxyl groups excluding tert-OH is 1. The molecule has 1 heterocycles. The first-order chi connectivity index (χ1) is 9.24. The van der Waals surface area contributed by atoms with E-state index >= 15 is 0 Å². The van der Waals surface area contributed by atoms with Crippen LogP contribution in [0.5, 0.6) is 0 Å². The van der Waals surface area contributed by atoms with E-state index in [1.54, 1.807) is 24.3 Å². The molecule has 3 rings (SSSR count). The lowest BCUT2D eigenvalue weighted by atomic mass is 10.1. The van der Waals surface area contributed by atoms with Crippen LogP contribution in [0.15, 0.2) is 59.0 Å². The van der Waals surface area contributed by atoms with Crippen molar-refractivity contribution in [1.29, 1.82) is 0 Å². The quantitative estimate of drug-likeness (QED) is 0.772. The molecule has 1 atom stereocenters. The van der Waals surface area contributed by atoms with Crippen LogP contribution in [0.25, 0.3) is 11.0 Å². The zero-order valence-corrected chi connectivity index (χ0v) is 10.2. The Morgan fingerprint density at radius 3 is 2.58 bits per heavy atom. The molecule has 19 heavy (non-hydrogen) atoms. The van der Waals surface area contributed by atoms with Crippen molar-refractivity contribution in [3.05, 3.63) is 71.7 Å². The van der Waals surface area contributed by atoms with Gasteiger partial charge in [0.25, 0.3) is 0 Å². The van der Waals surface area contributed by atoms with Gasteiger partial charge >= 0.3 is 0 Å². The highest BCUT2D eigenvalue weighted by molar-refractivity contribution is 5.77. The first-order valence-corrected chi connectivity index (χ1v) is 6.14. The van der Waals surface area contributed by atoms with E-state index < -0.39 is 6.10 Å². The van der Waals surface area contributed by atoms with Gasteiger partial charge in [-0.2, -0.15) is 0 Å². The van der Waals surface area contributed by atoms with Gasteiger partial charge in [0.15, 0.2) is 0 Å². The molecule has 1 unspecified atom stereocenters. The molecule has 2 nitrogen and oxygen atoms in total. The van der Waals surface area contributed by atoms with Gasteiger partial charge in [-0.25, -0.2) is 4.39 Å². The minimum absolute atomic E-state index is 0.201. The number of para-hydroxylation sites is 1. The maximum atomic E-state index is 13.5. The Morgan fingerprint density at radius 2 is 1.79 bits per heavy atom. The summed E-state index contributed by atoms with van der Waals surface area (Å²) in [6.45, 7) is 0. The van der Waals surface area contributed by atoms with Crippen molar-refractivity contribution in [2.75, 3.05) is 0 Å². The number of benzene rings is 2. The Bertz CT molecular complexity index is 670. The van der Waals surface area contributed by atoms with Gasteiger partial charge in [-0.15, -0.1) is 0 Å². The lowest BCUT2D eigenvalue weighted by Crippen LogP contribution is -2.02. The molecule has 1 N–H and O–H groups in total. The van der Waals surface area contributed by atoms with Crippen LogP contribution in [-0.2, 0) is 6.42 Å². The third-order valence-corrected chi connectivity index (χ3v) is 3.14. The molecule has 0 aliphatic rings. The molecule has 96 valence electrons. The summed E-state index contributed by atoms with van der Waals surface area (Å²) in [6.07, 6.45) is -0.642. The normalized spacial score (nSPS) is 12.7. The molecular formula is C16H13FO2. The van der Waals surface area contributed by atoms with Crippen LogP contribution >= 0.6 is 0 Å². The van der Waals surface area contributed by atoms with E-state index in [1.165, 1.54) is 6.07 Å². The van der Waals surface area contributed by atoms with Gasteiger partial charge in [-0.3, -0.25) is 0 Å². The molecule has 0 saturated heterocycles. The maximum absolute atomic E-state index is 13.5. The number of fused-ring (bicyclic) bond motifs is 1. The Hall–Kier alpha value is -2.13. The first-order valence-electron chi connectivity index (χ1n) is 6.14. The Balaban J connectivity index is 1.87. The Kier molecular flexibility index (Phi) is 3.05. The molecular weight excluding hydrogens is 243 g/mol. The van der Waals surface area contributed by atoms with E-state index in [9.17, 15) is 9.50 Å². The van der Waals surface area contributed by atoms with Crippen molar-refractivity contribution in [1.82, 2.24) is 0 Å². The molecule has 0 aliphatic carbocycles. The average Bonchev–Trinajstić information content (AvgIpc) is 2.85. The van der Waals surface area contributed by atoms with E-state index in [4.69, 9.17) is 4.42 Å². The van der Waals surface area contributed by atoms with Crippen molar-refractivity contribution >= 4 is 11.0 Å². The second-order valence-electron chi connectivity index (χ2n) is 4.50. The molecule has 1 aromatic heterocycles. The van der Waals surface area contributed by atoms with Crippen LogP contribution in [0.3, 0.4) is 0 Å². The van der Waals surface area contributed by atoms with Gasteiger partial charge in [0.2, 0.25) is 0 Å². The van der Waals surface area contributed by atoms with E-state index in [0.29, 0.717) is 11.3 Å². The summed E-state index contributed by atoms with van der Waals surface area (Å²) in [6, 6.07) is 15.8. The summed E-state index contributed by atoms with van der Waals surface area (Å²) in [7, 11) is 0. The van der Waals surface area contributed by atoms with Crippen LogP contribution in [0.2, 0.25) is 0 Å². The SMILES string of the molecule is OC(Cc1ccccc1F)c1cc2ccccc2o1. The minimum atomic E-state index is -0.843. The van der Waals surface area contributed by atoms with E-state index in [2.05, 4.69) is 0 Å². The standard InChI is InChI=1S/C16H13FO2/c17-13-7-3-1-5-11(13)9-14(18)16-10-12-6-2-4-8-15(12)19-16/h1-8,10,14,18H,9H2. The molecule has 0 amide bonds. The predicted molar refractivity (Wildman–Crippen MR) is 71.3 cm³/mol. The van der Waals surface area contributed by atoms with Crippen molar-refractivity contribution in [3.8, 4) is 0 Å². The molecule has 3 aromatic rings. The van der Waals surface area contributed by atoms with Crippen molar-refractivity contribution < 1.29 is 13.9 Å². The number of rotatable bonds is 3. The zero-order valence-electron chi connectivity index (χ0n) is 10.2. The summed E-state index contributed by atoms with van der Waals surface area (Å²) >= 11 is 0. The fourth-order valence-electron chi connectivity index (χ4n) is 2.14. The fourth-order valence-corrected chi connectivity index (χ4v) is 2.14. The lowest BCUT2D eigenvalue weighted by molar-refractivity contribution is 0.151. The third-order valence-electron chi connectivity index (χ3n) is 3.14. The fraction of sp³-hybridized carbons (Fsp3) is 0.125. The van der Waals surface area contributed by atoms with Crippen molar-refractivity contribution in [2.45, 2.75) is 12.5 Å². The number of hydrogen-bond donors (Lipinski definition) is 1. The second-order valence-corrected chi connectivity index (χ2v) is 4.50. The Labute approximate surface area is 110 Å². The zero-order chi connectivity index (χ0) is 13.2. The Morgan fingerprint density at radius 1 is 1.05 bits per heavy atom. The molecule has 0 bridgehead atoms. The van der Waals surface area contributed by atoms with Gasteiger partial charge in [-0.05, 0) is 23.8 Å². The van der Waals surface area contributed by atoms with E-state index in [1.807, 2.05) is 24.3 Å². The molecule has 0 spiro atoms. The topological polar surface area (TPSA) is 33.4 Å². The summed E-state index contributed by atoms with van der Waals surface area (Å²) in [5.41, 5.74) is 1.21. The number of aliphatic hydroxyl groups is 1. The summed E-state index contributed by atoms with van der Waals surface area (Å²) in [5, 5.41) is 11.1. The van der Waals surface area contributed by atoms with Crippen LogP contribution in [-0.4, -0.2) is 5.11 Å². The largest absolute Gasteiger partial charge is 0.458 e. The van der Waals surface area contributed by atoms with Crippen LogP contribution < -0.4 is 0 Å². The molecule has 0 fully saturated rings. The summed E-state index contributed by atoms with van der Waals surface area (Å²) in [4.78, 5) is 0. The lowest BCUT2D eigenvalue weighted by Gasteiger charge is -2.08. The van der Waals surface area contributed by atoms with E-state index in [-0.39, 0.29) is 12.2 Å². The molecule has 0 radical (unpaired) electrons. The van der Waals surface area contributed by atoms with E-state index in [0.717, 1.165) is 11.0 Å². The molecule has 2 aromatic carbocycles. The minimum Gasteiger partial charge on any atom is -0.458 e. The van der Waals surface area contributed by atoms with Crippen LogP contribution in [0, 0.1) is 5.82 Å². The average molecular weight is 256 g/mol. The highest BCUT2D eigenvalue weighted by Crippen LogP contribution is 2.26. The number of hydrogen-bond acceptors (Lipinski definition) is 2. The predicted octanol–water partition coefficient (Wildman–Crippen LogP) is 3.85. The van der Waals surface area contributed by atoms with Crippen LogP contribution in [0.4, 0.5) is 4.39 Å². The smallest absolute Gasteiger partial charge is 0.134 e. The van der Waals surface area contributed by atoms with Crippen molar-refractivity contribution in [2.24, 2.45) is 0 Å². The molecule has 0 aliphatic heterocycles. The molecule has 0 saturated carbocycles. The van der Waals surface area contributed by atoms with Gasteiger partial charge in [0, 0.05) is 11.8 Å². The number of halogens is 1. The summed E-state index contributed by atoms with van der Waals surface area (Å²) < 4.78 is 19.1. The van der Waals surface area contributed by atoms with Gasteiger partial charge in [-0.1, -0.05) is 36.4 Å². The first kappa shape index (κ1) is 11.9. The van der Waals surface area contributed by atoms with Gasteiger partial charge < -0.3 is 9.52 Å². The van der Waals surface area contributed by atoms with Gasteiger partial charge in [0.1, 0.15) is 23.3 Å². The van der Waals surface area contributed by atoms with Gasteiger partial charge in [0.05, 0.1) is 0 Å². The molecule has 3 heteroatoms. The van der Waals surface area contributed by atoms with Crippen LogP contribution in [0.1, 0.15) is 17.4 Å². The second kappa shape index (κ2) is 4.86. The van der Waals surface area contributed by atoms with Crippen molar-refractivity contribution in [3.63, 3.8) is 0 Å². The third kappa shape index (κ3) is 2.37. The maximum Gasteiger partial charge on any atom is 0.134 e. The summed E-state index contributed by atoms with van der Waals surface area (Å²) in [5.74, 6) is 0.155.